The minimum Gasteiger partial charge on any atom is -0.309 e. The molecule has 5 heterocycles. The number of hydrogen-bond donors (Lipinski definition) is 0. The van der Waals surface area contributed by atoms with E-state index < -0.39 is 0 Å². The van der Waals surface area contributed by atoms with E-state index >= 15 is 0 Å². The Morgan fingerprint density at radius 1 is 0.575 bits per heavy atom. The first-order valence-electron chi connectivity index (χ1n) is 13.0. The monoisotopic (exact) mass is 531 g/mol. The molecule has 0 spiro atoms. The van der Waals surface area contributed by atoms with Crippen LogP contribution in [-0.2, 0) is 0 Å². The summed E-state index contributed by atoms with van der Waals surface area (Å²) in [6, 6.07) is 33.8. The molecule has 3 aromatic carbocycles. The van der Waals surface area contributed by atoms with Gasteiger partial charge in [-0.1, -0.05) is 36.4 Å². The molecule has 0 unspecified atom stereocenters. The fourth-order valence-corrected chi connectivity index (χ4v) is 6.39. The van der Waals surface area contributed by atoms with Crippen molar-refractivity contribution in [1.82, 2.24) is 24.5 Å². The molecule has 8 rings (SSSR count). The van der Waals surface area contributed by atoms with E-state index in [4.69, 9.17) is 9.97 Å². The van der Waals surface area contributed by atoms with E-state index in [-0.39, 0.29) is 0 Å². The zero-order valence-electron chi connectivity index (χ0n) is 21.3. The van der Waals surface area contributed by atoms with Crippen LogP contribution in [0.3, 0.4) is 0 Å². The molecule has 40 heavy (non-hydrogen) atoms. The number of rotatable bonds is 4. The Labute approximate surface area is 234 Å². The Balaban J connectivity index is 1.28. The van der Waals surface area contributed by atoms with Gasteiger partial charge < -0.3 is 4.57 Å². The third kappa shape index (κ3) is 3.69. The van der Waals surface area contributed by atoms with Crippen molar-refractivity contribution in [2.45, 2.75) is 0 Å². The maximum absolute atomic E-state index is 4.96. The van der Waals surface area contributed by atoms with Gasteiger partial charge in [-0.3, -0.25) is 9.97 Å². The summed E-state index contributed by atoms with van der Waals surface area (Å²) in [5.74, 6) is 0.665. The van der Waals surface area contributed by atoms with Gasteiger partial charge in [-0.15, -0.1) is 11.3 Å². The van der Waals surface area contributed by atoms with Gasteiger partial charge in [0.15, 0.2) is 5.82 Å². The number of pyridine rings is 2. The minimum atomic E-state index is 0.665. The van der Waals surface area contributed by atoms with Gasteiger partial charge in [0.05, 0.1) is 22.4 Å². The Morgan fingerprint density at radius 3 is 2.00 bits per heavy atom. The summed E-state index contributed by atoms with van der Waals surface area (Å²) in [6.45, 7) is 0. The lowest BCUT2D eigenvalue weighted by Crippen LogP contribution is -1.97. The molecule has 0 atom stereocenters. The molecule has 0 aliphatic carbocycles. The summed E-state index contributed by atoms with van der Waals surface area (Å²) < 4.78 is 3.69. The van der Waals surface area contributed by atoms with Crippen molar-refractivity contribution in [3.8, 4) is 39.6 Å². The number of thiophene rings is 1. The quantitative estimate of drug-likeness (QED) is 0.228. The van der Waals surface area contributed by atoms with E-state index in [2.05, 4.69) is 86.6 Å². The van der Waals surface area contributed by atoms with Gasteiger partial charge in [0.2, 0.25) is 0 Å². The fourth-order valence-electron chi connectivity index (χ4n) is 5.43. The Hall–Kier alpha value is -5.20. The van der Waals surface area contributed by atoms with E-state index in [1.165, 1.54) is 31.9 Å². The third-order valence-electron chi connectivity index (χ3n) is 7.32. The molecule has 5 nitrogen and oxygen atoms in total. The SMILES string of the molecule is c1ccc2c(c1)c1c3sccc3ccc1n2-c1ccc(-c2cc(-c3ccncc3)nc(-c3ccncc3)n2)cc1. The molecule has 0 bridgehead atoms. The van der Waals surface area contributed by atoms with Gasteiger partial charge in [0, 0.05) is 62.6 Å². The van der Waals surface area contributed by atoms with Crippen LogP contribution in [0.5, 0.6) is 0 Å². The van der Waals surface area contributed by atoms with Crippen LogP contribution >= 0.6 is 11.3 Å². The number of hydrogen-bond acceptors (Lipinski definition) is 5. The van der Waals surface area contributed by atoms with E-state index in [9.17, 15) is 0 Å². The molecule has 8 aromatic rings. The lowest BCUT2D eigenvalue weighted by atomic mass is 10.1. The molecule has 0 aliphatic rings. The molecule has 0 radical (unpaired) electrons. The molecule has 6 heteroatoms. The topological polar surface area (TPSA) is 56.5 Å². The normalized spacial score (nSPS) is 11.5. The third-order valence-corrected chi connectivity index (χ3v) is 8.26. The number of aromatic nitrogens is 5. The van der Waals surface area contributed by atoms with Crippen molar-refractivity contribution in [2.24, 2.45) is 0 Å². The van der Waals surface area contributed by atoms with E-state index in [0.29, 0.717) is 5.82 Å². The minimum absolute atomic E-state index is 0.665. The fraction of sp³-hybridized carbons (Fsp3) is 0. The van der Waals surface area contributed by atoms with Crippen molar-refractivity contribution in [1.29, 1.82) is 0 Å². The summed E-state index contributed by atoms with van der Waals surface area (Å²) in [5, 5.41) is 6.04. The van der Waals surface area contributed by atoms with Crippen molar-refractivity contribution in [3.05, 3.63) is 127 Å². The van der Waals surface area contributed by atoms with E-state index in [1.54, 1.807) is 36.1 Å². The van der Waals surface area contributed by atoms with Gasteiger partial charge in [-0.05, 0) is 71.4 Å². The average Bonchev–Trinajstić information content (AvgIpc) is 3.64. The van der Waals surface area contributed by atoms with Crippen molar-refractivity contribution < 1.29 is 0 Å². The Morgan fingerprint density at radius 2 is 1.25 bits per heavy atom. The molecule has 0 aliphatic heterocycles. The van der Waals surface area contributed by atoms with Crippen LogP contribution in [-0.4, -0.2) is 24.5 Å². The molecule has 0 amide bonds. The lowest BCUT2D eigenvalue weighted by molar-refractivity contribution is 1.16. The van der Waals surface area contributed by atoms with Crippen LogP contribution in [0.25, 0.3) is 71.5 Å². The van der Waals surface area contributed by atoms with Gasteiger partial charge in [0.1, 0.15) is 0 Å². The van der Waals surface area contributed by atoms with Crippen LogP contribution in [0.4, 0.5) is 0 Å². The summed E-state index contributed by atoms with van der Waals surface area (Å²) in [6.07, 6.45) is 7.10. The molecule has 0 saturated carbocycles. The highest BCUT2D eigenvalue weighted by Crippen LogP contribution is 2.39. The first-order chi connectivity index (χ1) is 19.8. The highest BCUT2D eigenvalue weighted by atomic mass is 32.1. The van der Waals surface area contributed by atoms with Crippen molar-refractivity contribution >= 4 is 43.2 Å². The zero-order chi connectivity index (χ0) is 26.5. The van der Waals surface area contributed by atoms with Gasteiger partial charge >= 0.3 is 0 Å². The van der Waals surface area contributed by atoms with Crippen LogP contribution < -0.4 is 0 Å². The number of para-hydroxylation sites is 1. The zero-order valence-corrected chi connectivity index (χ0v) is 22.1. The maximum atomic E-state index is 4.96. The van der Waals surface area contributed by atoms with Crippen LogP contribution in [0.2, 0.25) is 0 Å². The first-order valence-corrected chi connectivity index (χ1v) is 13.9. The Kier molecular flexibility index (Phi) is 5.24. The number of benzene rings is 3. The second kappa shape index (κ2) is 9.22. The lowest BCUT2D eigenvalue weighted by Gasteiger charge is -2.11. The predicted octanol–water partition coefficient (Wildman–Crippen LogP) is 8.58. The molecular formula is C34H21N5S. The second-order valence-corrected chi connectivity index (χ2v) is 10.5. The molecular weight excluding hydrogens is 510 g/mol. The highest BCUT2D eigenvalue weighted by Gasteiger charge is 2.16. The summed E-state index contributed by atoms with van der Waals surface area (Å²) in [7, 11) is 0. The first kappa shape index (κ1) is 22.8. The molecule has 188 valence electrons. The second-order valence-electron chi connectivity index (χ2n) is 9.63. The van der Waals surface area contributed by atoms with Crippen molar-refractivity contribution in [3.63, 3.8) is 0 Å². The van der Waals surface area contributed by atoms with E-state index in [0.717, 1.165) is 33.8 Å². The van der Waals surface area contributed by atoms with Crippen LogP contribution in [0.1, 0.15) is 0 Å². The number of fused-ring (bicyclic) bond motifs is 5. The summed E-state index contributed by atoms with van der Waals surface area (Å²) >= 11 is 1.80. The van der Waals surface area contributed by atoms with Crippen LogP contribution in [0.15, 0.2) is 127 Å². The molecule has 0 N–H and O–H groups in total. The largest absolute Gasteiger partial charge is 0.309 e. The number of nitrogens with zero attached hydrogens (tertiary/aromatic N) is 5. The van der Waals surface area contributed by atoms with E-state index in [1.807, 2.05) is 30.3 Å². The van der Waals surface area contributed by atoms with Gasteiger partial charge in [0.25, 0.3) is 0 Å². The summed E-state index contributed by atoms with van der Waals surface area (Å²) in [4.78, 5) is 18.2. The Bertz CT molecular complexity index is 2090. The molecule has 5 aromatic heterocycles. The van der Waals surface area contributed by atoms with Crippen molar-refractivity contribution in [2.75, 3.05) is 0 Å². The average molecular weight is 532 g/mol. The molecule has 0 fully saturated rings. The highest BCUT2D eigenvalue weighted by molar-refractivity contribution is 7.18. The predicted molar refractivity (Wildman–Crippen MR) is 164 cm³/mol. The standard InChI is InChI=1S/C34H21N5S/c1-2-4-30-27(3-1)32-31(10-7-24-15-20-40-33(24)32)39(30)26-8-5-22(6-9-26)28-21-29(23-11-16-35-17-12-23)38-34(37-28)25-13-18-36-19-14-25/h1-21H. The van der Waals surface area contributed by atoms with Crippen LogP contribution in [0, 0.1) is 0 Å². The van der Waals surface area contributed by atoms with Gasteiger partial charge in [-0.2, -0.15) is 0 Å². The smallest absolute Gasteiger partial charge is 0.160 e. The summed E-state index contributed by atoms with van der Waals surface area (Å²) in [5.41, 5.74) is 8.19. The maximum Gasteiger partial charge on any atom is 0.160 e. The van der Waals surface area contributed by atoms with Gasteiger partial charge in [-0.25, -0.2) is 9.97 Å². The molecule has 0 saturated heterocycles.